The molecule has 0 saturated carbocycles. The number of nitrogens with two attached hydrogens (primary N) is 1. The Labute approximate surface area is 161 Å². The van der Waals surface area contributed by atoms with E-state index in [4.69, 9.17) is 5.73 Å². The molecule has 0 radical (unpaired) electrons. The van der Waals surface area contributed by atoms with Crippen LogP contribution in [0.1, 0.15) is 11.1 Å². The van der Waals surface area contributed by atoms with Crippen LogP contribution in [0.5, 0.6) is 5.75 Å². The van der Waals surface area contributed by atoms with E-state index in [1.165, 1.54) is 28.7 Å². The van der Waals surface area contributed by atoms with E-state index >= 15 is 0 Å². The van der Waals surface area contributed by atoms with E-state index in [-0.39, 0.29) is 6.04 Å². The Balaban J connectivity index is 1.52. The molecular weight excluding hydrogens is 395 g/mol. The smallest absolute Gasteiger partial charge is 0.426 e. The molecule has 152 valence electrons. The van der Waals surface area contributed by atoms with Crippen molar-refractivity contribution in [2.45, 2.75) is 31.2 Å². The van der Waals surface area contributed by atoms with Crippen LogP contribution in [0, 0.1) is 0 Å². The van der Waals surface area contributed by atoms with E-state index in [1.54, 1.807) is 0 Å². The quantitative estimate of drug-likeness (QED) is 0.663. The van der Waals surface area contributed by atoms with Crippen molar-refractivity contribution in [3.63, 3.8) is 0 Å². The average Bonchev–Trinajstić information content (AvgIpc) is 3.26. The van der Waals surface area contributed by atoms with Crippen molar-refractivity contribution in [1.29, 1.82) is 0 Å². The molecule has 1 aromatic heterocycles. The van der Waals surface area contributed by atoms with Crippen molar-refractivity contribution in [2.24, 2.45) is 5.73 Å². The third-order valence-electron chi connectivity index (χ3n) is 4.60. The van der Waals surface area contributed by atoms with Crippen LogP contribution in [0.15, 0.2) is 48.8 Å². The molecule has 0 fully saturated rings. The van der Waals surface area contributed by atoms with E-state index in [2.05, 4.69) is 14.8 Å². The second-order valence-corrected chi connectivity index (χ2v) is 6.78. The van der Waals surface area contributed by atoms with Crippen LogP contribution in [0.4, 0.5) is 22.0 Å². The lowest BCUT2D eigenvalue weighted by Gasteiger charge is -2.20. The normalized spacial score (nSPS) is 16.7. The van der Waals surface area contributed by atoms with Crippen molar-refractivity contribution in [3.8, 4) is 22.8 Å². The number of alkyl halides is 5. The lowest BCUT2D eigenvalue weighted by atomic mass is 10.1. The lowest BCUT2D eigenvalue weighted by Crippen LogP contribution is -2.41. The molecule has 29 heavy (non-hydrogen) atoms. The van der Waals surface area contributed by atoms with Gasteiger partial charge in [-0.2, -0.15) is 22.0 Å². The largest absolute Gasteiger partial charge is 0.499 e. The zero-order chi connectivity index (χ0) is 20.8. The van der Waals surface area contributed by atoms with Gasteiger partial charge in [-0.1, -0.05) is 12.1 Å². The molecule has 4 rings (SSSR count). The molecule has 5 nitrogen and oxygen atoms in total. The van der Waals surface area contributed by atoms with E-state index in [1.807, 2.05) is 18.2 Å². The van der Waals surface area contributed by atoms with Crippen LogP contribution in [-0.4, -0.2) is 33.1 Å². The van der Waals surface area contributed by atoms with E-state index < -0.39 is 18.0 Å². The summed E-state index contributed by atoms with van der Waals surface area (Å²) in [5.41, 5.74) is 9.56. The van der Waals surface area contributed by atoms with Gasteiger partial charge in [0.1, 0.15) is 12.1 Å². The fourth-order valence-corrected chi connectivity index (χ4v) is 3.18. The number of hydrogen-bond acceptors (Lipinski definition) is 4. The Hall–Kier alpha value is -3.01. The van der Waals surface area contributed by atoms with Gasteiger partial charge in [0.15, 0.2) is 5.82 Å². The number of aromatic nitrogens is 3. The molecule has 0 saturated heterocycles. The number of fused-ring (bicyclic) bond motifs is 1. The number of hydrogen-bond donors (Lipinski definition) is 1. The van der Waals surface area contributed by atoms with Gasteiger partial charge in [0, 0.05) is 11.6 Å². The minimum absolute atomic E-state index is 0.108. The SMILES string of the molecule is NC1Cc2ccc(-c3ncn(-c4ccc(OC(F)(F)C(F)(F)F)cc4)n3)cc2C1. The minimum atomic E-state index is -5.80. The van der Waals surface area contributed by atoms with Gasteiger partial charge in [-0.15, -0.1) is 5.10 Å². The van der Waals surface area contributed by atoms with Gasteiger partial charge >= 0.3 is 12.3 Å². The standard InChI is InChI=1S/C19H15F5N4O/c20-18(21,22)19(23,24)29-16-5-3-15(4-6-16)28-10-26-17(27-28)12-2-1-11-8-14(25)9-13(11)7-12/h1-7,10,14H,8-9,25H2. The van der Waals surface area contributed by atoms with Gasteiger partial charge in [0.25, 0.3) is 0 Å². The Kier molecular flexibility index (Phi) is 4.53. The number of ether oxygens (including phenoxy) is 1. The van der Waals surface area contributed by atoms with Crippen molar-refractivity contribution in [2.75, 3.05) is 0 Å². The molecule has 0 amide bonds. The van der Waals surface area contributed by atoms with Crippen LogP contribution in [0.2, 0.25) is 0 Å². The molecule has 0 aliphatic heterocycles. The fraction of sp³-hybridized carbons (Fsp3) is 0.263. The van der Waals surface area contributed by atoms with Crippen molar-refractivity contribution in [1.82, 2.24) is 14.8 Å². The number of rotatable bonds is 4. The molecule has 1 atom stereocenters. The molecule has 2 N–H and O–H groups in total. The number of benzene rings is 2. The zero-order valence-electron chi connectivity index (χ0n) is 14.8. The summed E-state index contributed by atoms with van der Waals surface area (Å²) in [5.74, 6) is -0.163. The predicted octanol–water partition coefficient (Wildman–Crippen LogP) is 3.89. The maximum Gasteiger partial charge on any atom is 0.499 e. The molecule has 1 aliphatic carbocycles. The molecule has 3 aromatic rings. The first kappa shape index (κ1) is 19.3. The maximum atomic E-state index is 13.0. The summed E-state index contributed by atoms with van der Waals surface area (Å²) in [6, 6.07) is 10.6. The van der Waals surface area contributed by atoms with Crippen molar-refractivity contribution >= 4 is 0 Å². The molecule has 2 aromatic carbocycles. The van der Waals surface area contributed by atoms with Gasteiger partial charge in [-0.25, -0.2) is 9.67 Å². The second kappa shape index (κ2) is 6.80. The number of nitrogens with zero attached hydrogens (tertiary/aromatic N) is 3. The van der Waals surface area contributed by atoms with E-state index in [9.17, 15) is 22.0 Å². The maximum absolute atomic E-state index is 13.0. The summed E-state index contributed by atoms with van der Waals surface area (Å²) in [4.78, 5) is 4.24. The van der Waals surface area contributed by atoms with Crippen LogP contribution >= 0.6 is 0 Å². The molecular formula is C19H15F5N4O. The predicted molar refractivity (Wildman–Crippen MR) is 93.8 cm³/mol. The Bertz CT molecular complexity index is 1030. The van der Waals surface area contributed by atoms with Crippen LogP contribution in [-0.2, 0) is 12.8 Å². The topological polar surface area (TPSA) is 66.0 Å². The van der Waals surface area contributed by atoms with Gasteiger partial charge in [-0.3, -0.25) is 0 Å². The Morgan fingerprint density at radius 3 is 2.34 bits per heavy atom. The summed E-state index contributed by atoms with van der Waals surface area (Å²) in [6.07, 6.45) is -8.03. The highest BCUT2D eigenvalue weighted by Gasteiger charge is 2.61. The second-order valence-electron chi connectivity index (χ2n) is 6.78. The summed E-state index contributed by atoms with van der Waals surface area (Å²) in [6.45, 7) is 0. The fourth-order valence-electron chi connectivity index (χ4n) is 3.18. The summed E-state index contributed by atoms with van der Waals surface area (Å²) in [7, 11) is 0. The third kappa shape index (κ3) is 3.80. The van der Waals surface area contributed by atoms with Crippen LogP contribution in [0.3, 0.4) is 0 Å². The minimum Gasteiger partial charge on any atom is -0.426 e. The molecule has 1 heterocycles. The summed E-state index contributed by atoms with van der Waals surface area (Å²) >= 11 is 0. The van der Waals surface area contributed by atoms with Crippen LogP contribution < -0.4 is 10.5 Å². The Morgan fingerprint density at radius 2 is 1.66 bits per heavy atom. The molecule has 0 spiro atoms. The molecule has 1 unspecified atom stereocenters. The van der Waals surface area contributed by atoms with Gasteiger partial charge in [-0.05, 0) is 54.3 Å². The number of halogens is 5. The first-order chi connectivity index (χ1) is 13.6. The average molecular weight is 410 g/mol. The lowest BCUT2D eigenvalue weighted by molar-refractivity contribution is -0.360. The van der Waals surface area contributed by atoms with Crippen molar-refractivity contribution < 1.29 is 26.7 Å². The monoisotopic (exact) mass is 410 g/mol. The van der Waals surface area contributed by atoms with E-state index in [0.717, 1.165) is 36.1 Å². The summed E-state index contributed by atoms with van der Waals surface area (Å²) in [5, 5.41) is 4.34. The highest BCUT2D eigenvalue weighted by Crippen LogP contribution is 2.37. The highest BCUT2D eigenvalue weighted by atomic mass is 19.4. The molecule has 0 bridgehead atoms. The first-order valence-electron chi connectivity index (χ1n) is 8.66. The van der Waals surface area contributed by atoms with E-state index in [0.29, 0.717) is 11.5 Å². The van der Waals surface area contributed by atoms with Crippen molar-refractivity contribution in [3.05, 3.63) is 59.9 Å². The van der Waals surface area contributed by atoms with Gasteiger partial charge < -0.3 is 10.5 Å². The zero-order valence-corrected chi connectivity index (χ0v) is 14.8. The third-order valence-corrected chi connectivity index (χ3v) is 4.60. The Morgan fingerprint density at radius 1 is 0.966 bits per heavy atom. The molecule has 10 heteroatoms. The highest BCUT2D eigenvalue weighted by molar-refractivity contribution is 5.58. The first-order valence-corrected chi connectivity index (χ1v) is 8.66. The van der Waals surface area contributed by atoms with Gasteiger partial charge in [0.05, 0.1) is 5.69 Å². The van der Waals surface area contributed by atoms with Gasteiger partial charge in [0.2, 0.25) is 0 Å². The van der Waals surface area contributed by atoms with Crippen LogP contribution in [0.25, 0.3) is 17.1 Å². The summed E-state index contributed by atoms with van der Waals surface area (Å²) < 4.78 is 67.8. The molecule has 1 aliphatic rings.